The van der Waals surface area contributed by atoms with Gasteiger partial charge >= 0.3 is 0 Å². The van der Waals surface area contributed by atoms with Crippen molar-refractivity contribution in [1.29, 1.82) is 0 Å². The quantitative estimate of drug-likeness (QED) is 0.378. The first kappa shape index (κ1) is 22.1. The second kappa shape index (κ2) is 11.0. The lowest BCUT2D eigenvalue weighted by atomic mass is 9.83. The maximum Gasteiger partial charge on any atom is -0.0184 e. The van der Waals surface area contributed by atoms with Crippen LogP contribution in [0.5, 0.6) is 0 Å². The Bertz CT molecular complexity index is 879. The van der Waals surface area contributed by atoms with Gasteiger partial charge in [-0.25, -0.2) is 0 Å². The molecule has 4 rings (SSSR count). The number of unbranched alkanes of at least 4 members (excludes halogenated alkanes) is 3. The van der Waals surface area contributed by atoms with Gasteiger partial charge < -0.3 is 0 Å². The maximum atomic E-state index is 2.52. The molecule has 164 valence electrons. The van der Waals surface area contributed by atoms with Crippen molar-refractivity contribution in [3.8, 4) is 11.1 Å². The molecule has 2 aliphatic carbocycles. The van der Waals surface area contributed by atoms with E-state index in [1.54, 1.807) is 5.57 Å². The van der Waals surface area contributed by atoms with Gasteiger partial charge in [0.05, 0.1) is 0 Å². The zero-order chi connectivity index (χ0) is 21.5. The van der Waals surface area contributed by atoms with Crippen LogP contribution in [0.15, 0.2) is 60.7 Å². The van der Waals surface area contributed by atoms with E-state index in [0.717, 1.165) is 11.8 Å². The standard InChI is InChI=1S/C31H40/c1-3-4-5-6-7-25-10-14-27(15-11-25)29-18-22-31(23-19-29)30-20-16-28(17-21-30)26-12-8-24(2)9-13-26/h12,14,16-25H,3-11,13,15H2,1-2H3. The monoisotopic (exact) mass is 412 g/mol. The summed E-state index contributed by atoms with van der Waals surface area (Å²) in [5, 5.41) is 0. The Labute approximate surface area is 190 Å². The minimum Gasteiger partial charge on any atom is -0.0805 e. The van der Waals surface area contributed by atoms with Crippen LogP contribution in [-0.2, 0) is 0 Å². The molecule has 0 amide bonds. The largest absolute Gasteiger partial charge is 0.0805 e. The van der Waals surface area contributed by atoms with Crippen LogP contribution in [0.25, 0.3) is 22.3 Å². The summed E-state index contributed by atoms with van der Waals surface area (Å²) in [5.41, 5.74) is 8.57. The molecule has 2 aliphatic rings. The lowest BCUT2D eigenvalue weighted by molar-refractivity contribution is 0.425. The highest BCUT2D eigenvalue weighted by atomic mass is 14.2. The number of benzene rings is 2. The Morgan fingerprint density at radius 1 is 0.645 bits per heavy atom. The van der Waals surface area contributed by atoms with Gasteiger partial charge in [-0.05, 0) is 83.8 Å². The van der Waals surface area contributed by atoms with Gasteiger partial charge in [0, 0.05) is 0 Å². The van der Waals surface area contributed by atoms with E-state index in [-0.39, 0.29) is 0 Å². The van der Waals surface area contributed by atoms with E-state index in [2.05, 4.69) is 74.5 Å². The van der Waals surface area contributed by atoms with Crippen LogP contribution >= 0.6 is 0 Å². The van der Waals surface area contributed by atoms with Crippen molar-refractivity contribution in [3.05, 3.63) is 71.8 Å². The molecule has 0 saturated carbocycles. The van der Waals surface area contributed by atoms with Crippen LogP contribution in [0.2, 0.25) is 0 Å². The van der Waals surface area contributed by atoms with Crippen LogP contribution in [0.4, 0.5) is 0 Å². The first-order valence-corrected chi connectivity index (χ1v) is 12.8. The molecule has 2 atom stereocenters. The highest BCUT2D eigenvalue weighted by molar-refractivity contribution is 5.73. The molecule has 0 heterocycles. The minimum absolute atomic E-state index is 0.845. The Kier molecular flexibility index (Phi) is 7.84. The predicted octanol–water partition coefficient (Wildman–Crippen LogP) is 9.71. The van der Waals surface area contributed by atoms with Crippen molar-refractivity contribution in [3.63, 3.8) is 0 Å². The average molecular weight is 413 g/mol. The molecule has 0 saturated heterocycles. The molecule has 0 spiro atoms. The summed E-state index contributed by atoms with van der Waals surface area (Å²) in [6.45, 7) is 4.65. The fourth-order valence-corrected chi connectivity index (χ4v) is 5.25. The van der Waals surface area contributed by atoms with Gasteiger partial charge in [0.2, 0.25) is 0 Å². The highest BCUT2D eigenvalue weighted by Crippen LogP contribution is 2.34. The third kappa shape index (κ3) is 6.00. The summed E-state index contributed by atoms with van der Waals surface area (Å²) in [7, 11) is 0. The van der Waals surface area contributed by atoms with Crippen LogP contribution in [0.3, 0.4) is 0 Å². The van der Waals surface area contributed by atoms with E-state index in [9.17, 15) is 0 Å². The number of rotatable bonds is 8. The lowest BCUT2D eigenvalue weighted by Gasteiger charge is -2.22. The lowest BCUT2D eigenvalue weighted by Crippen LogP contribution is -2.05. The fraction of sp³-hybridized carbons (Fsp3) is 0.484. The van der Waals surface area contributed by atoms with E-state index in [4.69, 9.17) is 0 Å². The van der Waals surface area contributed by atoms with Crippen molar-refractivity contribution in [1.82, 2.24) is 0 Å². The molecule has 2 aromatic rings. The maximum absolute atomic E-state index is 2.52. The average Bonchev–Trinajstić information content (AvgIpc) is 2.83. The highest BCUT2D eigenvalue weighted by Gasteiger charge is 2.15. The van der Waals surface area contributed by atoms with Crippen molar-refractivity contribution >= 4 is 11.1 Å². The molecule has 0 N–H and O–H groups in total. The van der Waals surface area contributed by atoms with Gasteiger partial charge in [-0.15, -0.1) is 0 Å². The van der Waals surface area contributed by atoms with E-state index in [1.807, 2.05) is 0 Å². The van der Waals surface area contributed by atoms with E-state index in [0.29, 0.717) is 0 Å². The van der Waals surface area contributed by atoms with E-state index >= 15 is 0 Å². The van der Waals surface area contributed by atoms with Crippen LogP contribution in [0, 0.1) is 11.8 Å². The van der Waals surface area contributed by atoms with Crippen molar-refractivity contribution in [2.45, 2.75) is 84.5 Å². The number of hydrogen-bond donors (Lipinski definition) is 0. The van der Waals surface area contributed by atoms with Gasteiger partial charge in [-0.3, -0.25) is 0 Å². The van der Waals surface area contributed by atoms with Crippen LogP contribution < -0.4 is 0 Å². The summed E-state index contributed by atoms with van der Waals surface area (Å²) >= 11 is 0. The van der Waals surface area contributed by atoms with Gasteiger partial charge in [-0.1, -0.05) is 107 Å². The molecule has 0 aliphatic heterocycles. The molecule has 2 unspecified atom stereocenters. The Morgan fingerprint density at radius 3 is 1.68 bits per heavy atom. The van der Waals surface area contributed by atoms with Gasteiger partial charge in [0.25, 0.3) is 0 Å². The SMILES string of the molecule is CCCCCCC1CC=C(c2ccc(-c3ccc(C4=CCC(C)CC4)cc3)cc2)CC1. The summed E-state index contributed by atoms with van der Waals surface area (Å²) in [6, 6.07) is 18.5. The molecule has 0 fully saturated rings. The molecular weight excluding hydrogens is 372 g/mol. The van der Waals surface area contributed by atoms with Gasteiger partial charge in [0.15, 0.2) is 0 Å². The summed E-state index contributed by atoms with van der Waals surface area (Å²) < 4.78 is 0. The zero-order valence-corrected chi connectivity index (χ0v) is 19.7. The third-order valence-electron chi connectivity index (χ3n) is 7.50. The third-order valence-corrected chi connectivity index (χ3v) is 7.50. The van der Waals surface area contributed by atoms with Crippen molar-refractivity contribution in [2.75, 3.05) is 0 Å². The molecule has 31 heavy (non-hydrogen) atoms. The number of allylic oxidation sites excluding steroid dienone is 4. The predicted molar refractivity (Wildman–Crippen MR) is 137 cm³/mol. The summed E-state index contributed by atoms with van der Waals surface area (Å²) in [4.78, 5) is 0. The normalized spacial score (nSPS) is 21.5. The molecule has 2 aromatic carbocycles. The van der Waals surface area contributed by atoms with Gasteiger partial charge in [0.1, 0.15) is 0 Å². The second-order valence-corrected chi connectivity index (χ2v) is 9.98. The topological polar surface area (TPSA) is 0 Å². The van der Waals surface area contributed by atoms with Crippen molar-refractivity contribution in [2.24, 2.45) is 11.8 Å². The Balaban J connectivity index is 1.35. The summed E-state index contributed by atoms with van der Waals surface area (Å²) in [5.74, 6) is 1.76. The molecule has 0 nitrogen and oxygen atoms in total. The molecule has 0 aromatic heterocycles. The molecule has 0 bridgehead atoms. The first-order valence-electron chi connectivity index (χ1n) is 12.8. The first-order chi connectivity index (χ1) is 15.2. The van der Waals surface area contributed by atoms with Crippen molar-refractivity contribution < 1.29 is 0 Å². The minimum atomic E-state index is 0.845. The zero-order valence-electron chi connectivity index (χ0n) is 19.7. The summed E-state index contributed by atoms with van der Waals surface area (Å²) in [6.07, 6.45) is 19.7. The van der Waals surface area contributed by atoms with Gasteiger partial charge in [-0.2, -0.15) is 0 Å². The van der Waals surface area contributed by atoms with Crippen LogP contribution in [-0.4, -0.2) is 0 Å². The Morgan fingerprint density at radius 2 is 1.19 bits per heavy atom. The molecule has 0 radical (unpaired) electrons. The Hall–Kier alpha value is -2.08. The van der Waals surface area contributed by atoms with E-state index in [1.165, 1.54) is 98.5 Å². The molecular formula is C31H40. The second-order valence-electron chi connectivity index (χ2n) is 9.98. The number of hydrogen-bond acceptors (Lipinski definition) is 0. The van der Waals surface area contributed by atoms with Crippen LogP contribution in [0.1, 0.15) is 95.6 Å². The fourth-order valence-electron chi connectivity index (χ4n) is 5.25. The van der Waals surface area contributed by atoms with E-state index < -0.39 is 0 Å². The smallest absolute Gasteiger partial charge is 0.0184 e. The molecule has 0 heteroatoms.